The van der Waals surface area contributed by atoms with Crippen LogP contribution in [0, 0.1) is 0 Å². The number of carbonyl (C=O) groups is 1. The number of aromatic nitrogens is 1. The van der Waals surface area contributed by atoms with Crippen LogP contribution in [0.4, 0.5) is 5.13 Å². The summed E-state index contributed by atoms with van der Waals surface area (Å²) in [5.41, 5.74) is 0.758. The molecule has 1 aliphatic heterocycles. The van der Waals surface area contributed by atoms with E-state index < -0.39 is 0 Å². The highest BCUT2D eigenvalue weighted by Crippen LogP contribution is 2.18. The Labute approximate surface area is 117 Å². The van der Waals surface area contributed by atoms with Crippen molar-refractivity contribution in [2.75, 3.05) is 25.6 Å². The summed E-state index contributed by atoms with van der Waals surface area (Å²) in [5, 5.41) is 6.02. The lowest BCUT2D eigenvalue weighted by molar-refractivity contribution is -0.139. The highest BCUT2D eigenvalue weighted by molar-refractivity contribution is 7.13. The molecule has 1 atom stereocenters. The van der Waals surface area contributed by atoms with Crippen LogP contribution in [0.15, 0.2) is 5.38 Å². The molecule has 0 amide bonds. The molecule has 106 valence electrons. The lowest BCUT2D eigenvalue weighted by Crippen LogP contribution is -2.21. The number of methoxy groups -OCH3 is 1. The zero-order chi connectivity index (χ0) is 13.5. The van der Waals surface area contributed by atoms with Gasteiger partial charge in [0.2, 0.25) is 0 Å². The molecule has 2 heterocycles. The number of rotatable bonds is 6. The molecule has 1 N–H and O–H groups in total. The van der Waals surface area contributed by atoms with Crippen molar-refractivity contribution >= 4 is 22.4 Å². The van der Waals surface area contributed by atoms with E-state index in [1.807, 2.05) is 5.38 Å². The molecule has 6 heteroatoms. The second-order valence-electron chi connectivity index (χ2n) is 4.60. The van der Waals surface area contributed by atoms with Crippen molar-refractivity contribution in [2.24, 2.45) is 0 Å². The van der Waals surface area contributed by atoms with Crippen LogP contribution < -0.4 is 5.32 Å². The van der Waals surface area contributed by atoms with Gasteiger partial charge in [-0.25, -0.2) is 4.98 Å². The Morgan fingerprint density at radius 2 is 2.53 bits per heavy atom. The Morgan fingerprint density at radius 3 is 3.26 bits per heavy atom. The smallest absolute Gasteiger partial charge is 0.311 e. The molecule has 1 saturated heterocycles. The van der Waals surface area contributed by atoms with E-state index in [0.29, 0.717) is 6.10 Å². The summed E-state index contributed by atoms with van der Waals surface area (Å²) in [6.45, 7) is 1.75. The predicted octanol–water partition coefficient (Wildman–Crippen LogP) is 2.23. The maximum absolute atomic E-state index is 11.1. The van der Waals surface area contributed by atoms with Crippen molar-refractivity contribution in [3.8, 4) is 0 Å². The minimum Gasteiger partial charge on any atom is -0.469 e. The van der Waals surface area contributed by atoms with Gasteiger partial charge in [-0.2, -0.15) is 0 Å². The molecule has 19 heavy (non-hydrogen) atoms. The van der Waals surface area contributed by atoms with Crippen LogP contribution in [0.5, 0.6) is 0 Å². The first kappa shape index (κ1) is 14.3. The van der Waals surface area contributed by atoms with Crippen LogP contribution in [0.25, 0.3) is 0 Å². The summed E-state index contributed by atoms with van der Waals surface area (Å²) < 4.78 is 10.3. The van der Waals surface area contributed by atoms with Crippen LogP contribution >= 0.6 is 11.3 Å². The maximum Gasteiger partial charge on any atom is 0.311 e. The third-order valence-electron chi connectivity index (χ3n) is 3.12. The van der Waals surface area contributed by atoms with Gasteiger partial charge in [0.1, 0.15) is 0 Å². The Bertz CT molecular complexity index is 402. The van der Waals surface area contributed by atoms with Crippen LogP contribution in [0.3, 0.4) is 0 Å². The highest BCUT2D eigenvalue weighted by atomic mass is 32.1. The van der Waals surface area contributed by atoms with Gasteiger partial charge in [0.15, 0.2) is 5.13 Å². The number of hydrogen-bond donors (Lipinski definition) is 1. The van der Waals surface area contributed by atoms with E-state index in [2.05, 4.69) is 15.0 Å². The molecule has 1 aromatic rings. The highest BCUT2D eigenvalue weighted by Gasteiger charge is 2.13. The molecule has 1 fully saturated rings. The zero-order valence-electron chi connectivity index (χ0n) is 11.2. The largest absolute Gasteiger partial charge is 0.469 e. The molecule has 1 unspecified atom stereocenters. The van der Waals surface area contributed by atoms with Gasteiger partial charge in [-0.3, -0.25) is 4.79 Å². The van der Waals surface area contributed by atoms with Gasteiger partial charge in [-0.15, -0.1) is 11.3 Å². The van der Waals surface area contributed by atoms with Gasteiger partial charge >= 0.3 is 5.97 Å². The molecule has 0 saturated carbocycles. The van der Waals surface area contributed by atoms with Gasteiger partial charge in [0.25, 0.3) is 0 Å². The quantitative estimate of drug-likeness (QED) is 0.812. The minimum atomic E-state index is -0.257. The standard InChI is InChI=1S/C13H20N2O3S/c1-17-12(16)8-10-9-19-13(15-10)14-6-5-11-4-2-3-7-18-11/h9,11H,2-8H2,1H3,(H,14,15). The average molecular weight is 284 g/mol. The molecule has 0 aliphatic carbocycles. The fourth-order valence-corrected chi connectivity index (χ4v) is 2.80. The Morgan fingerprint density at radius 1 is 1.63 bits per heavy atom. The number of ether oxygens (including phenoxy) is 2. The summed E-state index contributed by atoms with van der Waals surface area (Å²) in [5.74, 6) is -0.257. The number of carbonyl (C=O) groups excluding carboxylic acids is 1. The second-order valence-corrected chi connectivity index (χ2v) is 5.46. The fraction of sp³-hybridized carbons (Fsp3) is 0.692. The normalized spacial score (nSPS) is 19.1. The van der Waals surface area contributed by atoms with Crippen LogP contribution in [-0.2, 0) is 20.7 Å². The van der Waals surface area contributed by atoms with Gasteiger partial charge in [0.05, 0.1) is 25.3 Å². The number of hydrogen-bond acceptors (Lipinski definition) is 6. The molecule has 0 spiro atoms. The fourth-order valence-electron chi connectivity index (χ4n) is 2.06. The van der Waals surface area contributed by atoms with Gasteiger partial charge in [-0.1, -0.05) is 0 Å². The molecular formula is C13H20N2O3S. The van der Waals surface area contributed by atoms with E-state index in [1.54, 1.807) is 0 Å². The molecular weight excluding hydrogens is 264 g/mol. The van der Waals surface area contributed by atoms with E-state index in [9.17, 15) is 4.79 Å². The third kappa shape index (κ3) is 4.80. The zero-order valence-corrected chi connectivity index (χ0v) is 12.0. The molecule has 0 bridgehead atoms. The summed E-state index contributed by atoms with van der Waals surface area (Å²) in [6.07, 6.45) is 5.24. The Hall–Kier alpha value is -1.14. The number of esters is 1. The van der Waals surface area contributed by atoms with Gasteiger partial charge in [-0.05, 0) is 25.7 Å². The van der Waals surface area contributed by atoms with Crippen LogP contribution in [-0.4, -0.2) is 37.3 Å². The monoisotopic (exact) mass is 284 g/mol. The second kappa shape index (κ2) is 7.45. The molecule has 0 radical (unpaired) electrons. The lowest BCUT2D eigenvalue weighted by atomic mass is 10.1. The third-order valence-corrected chi connectivity index (χ3v) is 3.97. The number of anilines is 1. The first-order valence-electron chi connectivity index (χ1n) is 6.64. The molecule has 5 nitrogen and oxygen atoms in total. The summed E-state index contributed by atoms with van der Waals surface area (Å²) >= 11 is 1.52. The van der Waals surface area contributed by atoms with Crippen molar-refractivity contribution in [1.29, 1.82) is 0 Å². The minimum absolute atomic E-state index is 0.237. The number of nitrogens with zero attached hydrogens (tertiary/aromatic N) is 1. The summed E-state index contributed by atoms with van der Waals surface area (Å²) in [7, 11) is 1.39. The van der Waals surface area contributed by atoms with Gasteiger partial charge < -0.3 is 14.8 Å². The van der Waals surface area contributed by atoms with Crippen LogP contribution in [0.2, 0.25) is 0 Å². The first-order valence-corrected chi connectivity index (χ1v) is 7.52. The Balaban J connectivity index is 1.69. The van der Waals surface area contributed by atoms with E-state index >= 15 is 0 Å². The van der Waals surface area contributed by atoms with E-state index in [1.165, 1.54) is 31.3 Å². The van der Waals surface area contributed by atoms with Crippen molar-refractivity contribution < 1.29 is 14.3 Å². The molecule has 1 aromatic heterocycles. The summed E-state index contributed by atoms with van der Waals surface area (Å²) in [6, 6.07) is 0. The van der Waals surface area contributed by atoms with E-state index in [4.69, 9.17) is 4.74 Å². The van der Waals surface area contributed by atoms with E-state index in [0.717, 1.165) is 36.8 Å². The number of thiazole rings is 1. The molecule has 2 rings (SSSR count). The van der Waals surface area contributed by atoms with Crippen molar-refractivity contribution in [3.63, 3.8) is 0 Å². The topological polar surface area (TPSA) is 60.5 Å². The lowest BCUT2D eigenvalue weighted by Gasteiger charge is -2.22. The molecule has 0 aromatic carbocycles. The van der Waals surface area contributed by atoms with Crippen molar-refractivity contribution in [1.82, 2.24) is 4.98 Å². The van der Waals surface area contributed by atoms with Crippen molar-refractivity contribution in [2.45, 2.75) is 38.2 Å². The number of nitrogens with one attached hydrogen (secondary N) is 1. The van der Waals surface area contributed by atoms with Crippen LogP contribution in [0.1, 0.15) is 31.4 Å². The average Bonchev–Trinajstić information content (AvgIpc) is 2.87. The predicted molar refractivity (Wildman–Crippen MR) is 74.5 cm³/mol. The molecule has 1 aliphatic rings. The van der Waals surface area contributed by atoms with Crippen molar-refractivity contribution in [3.05, 3.63) is 11.1 Å². The summed E-state index contributed by atoms with van der Waals surface area (Å²) in [4.78, 5) is 15.5. The first-order chi connectivity index (χ1) is 9.28. The van der Waals surface area contributed by atoms with E-state index in [-0.39, 0.29) is 12.4 Å². The Kier molecular flexibility index (Phi) is 5.60. The van der Waals surface area contributed by atoms with Gasteiger partial charge in [0, 0.05) is 18.5 Å². The maximum atomic E-state index is 11.1. The SMILES string of the molecule is COC(=O)Cc1csc(NCCC2CCCCO2)n1.